The van der Waals surface area contributed by atoms with Crippen molar-refractivity contribution in [2.24, 2.45) is 0 Å². The number of carboxylic acid groups (broad SMARTS) is 1. The Kier molecular flexibility index (Phi) is 3.06. The lowest BCUT2D eigenvalue weighted by Gasteiger charge is -2.10. The van der Waals surface area contributed by atoms with Crippen LogP contribution in [0.15, 0.2) is 35.1 Å². The summed E-state index contributed by atoms with van der Waals surface area (Å²) in [5.41, 5.74) is 0.676. The topological polar surface area (TPSA) is 75.1 Å². The molecule has 0 aliphatic heterocycles. The van der Waals surface area contributed by atoms with E-state index in [1.54, 1.807) is 24.3 Å². The number of carbonyl (C=O) groups is 1. The standard InChI is InChI=1S/C13H14N2O3/c1-8(2)11-10(12(16)17)14-13(18)15(11)9-6-4-3-5-7-9/h3-8H,1-2H3,(H,14,18)(H,16,17). The molecule has 2 aromatic rings. The quantitative estimate of drug-likeness (QED) is 0.869. The first kappa shape index (κ1) is 12.2. The van der Waals surface area contributed by atoms with Crippen LogP contribution in [0.25, 0.3) is 5.69 Å². The summed E-state index contributed by atoms with van der Waals surface area (Å²) >= 11 is 0. The van der Waals surface area contributed by atoms with Crippen molar-refractivity contribution >= 4 is 5.97 Å². The average Bonchev–Trinajstić information content (AvgIpc) is 2.68. The molecule has 1 aromatic heterocycles. The predicted molar refractivity (Wildman–Crippen MR) is 67.4 cm³/mol. The summed E-state index contributed by atoms with van der Waals surface area (Å²) in [6.45, 7) is 3.71. The summed E-state index contributed by atoms with van der Waals surface area (Å²) in [4.78, 5) is 25.5. The van der Waals surface area contributed by atoms with Crippen molar-refractivity contribution in [1.82, 2.24) is 9.55 Å². The van der Waals surface area contributed by atoms with Crippen LogP contribution < -0.4 is 5.69 Å². The number of hydrogen-bond acceptors (Lipinski definition) is 2. The molecule has 0 bridgehead atoms. The van der Waals surface area contributed by atoms with Crippen molar-refractivity contribution in [2.45, 2.75) is 19.8 Å². The number of hydrogen-bond donors (Lipinski definition) is 2. The maximum absolute atomic E-state index is 11.9. The van der Waals surface area contributed by atoms with Gasteiger partial charge in [-0.25, -0.2) is 9.59 Å². The van der Waals surface area contributed by atoms with E-state index in [1.807, 2.05) is 19.9 Å². The van der Waals surface area contributed by atoms with Crippen LogP contribution in [-0.4, -0.2) is 20.6 Å². The summed E-state index contributed by atoms with van der Waals surface area (Å²) in [6, 6.07) is 8.99. The predicted octanol–water partition coefficient (Wildman–Crippen LogP) is 1.99. The molecule has 0 amide bonds. The number of aromatic carboxylic acids is 1. The van der Waals surface area contributed by atoms with Crippen molar-refractivity contribution in [3.63, 3.8) is 0 Å². The van der Waals surface area contributed by atoms with Gasteiger partial charge >= 0.3 is 11.7 Å². The number of rotatable bonds is 3. The Bertz CT molecular complexity index is 623. The second kappa shape index (κ2) is 4.52. The number of nitrogens with zero attached hydrogens (tertiary/aromatic N) is 1. The number of imidazole rings is 1. The van der Waals surface area contributed by atoms with E-state index < -0.39 is 11.7 Å². The molecule has 0 atom stereocenters. The van der Waals surface area contributed by atoms with Crippen LogP contribution in [0.4, 0.5) is 0 Å². The fourth-order valence-electron chi connectivity index (χ4n) is 1.99. The number of aromatic amines is 1. The molecule has 0 radical (unpaired) electrons. The molecular weight excluding hydrogens is 232 g/mol. The van der Waals surface area contributed by atoms with Gasteiger partial charge in [0.05, 0.1) is 11.4 Å². The Balaban J connectivity index is 2.75. The molecule has 5 nitrogen and oxygen atoms in total. The van der Waals surface area contributed by atoms with Crippen molar-refractivity contribution in [2.75, 3.05) is 0 Å². The summed E-state index contributed by atoms with van der Waals surface area (Å²) in [5.74, 6) is -1.19. The number of nitrogens with one attached hydrogen (secondary N) is 1. The maximum atomic E-state index is 11.9. The lowest BCUT2D eigenvalue weighted by atomic mass is 10.1. The molecule has 5 heteroatoms. The third kappa shape index (κ3) is 1.95. The van der Waals surface area contributed by atoms with Gasteiger partial charge in [0, 0.05) is 0 Å². The Morgan fingerprint density at radius 3 is 2.39 bits per heavy atom. The van der Waals surface area contributed by atoms with Gasteiger partial charge in [0.2, 0.25) is 0 Å². The lowest BCUT2D eigenvalue weighted by Crippen LogP contribution is -2.17. The van der Waals surface area contributed by atoms with E-state index in [4.69, 9.17) is 5.11 Å². The molecule has 2 N–H and O–H groups in total. The molecule has 0 fully saturated rings. The minimum Gasteiger partial charge on any atom is -0.477 e. The van der Waals surface area contributed by atoms with Gasteiger partial charge in [-0.3, -0.25) is 9.55 Å². The van der Waals surface area contributed by atoms with E-state index in [0.29, 0.717) is 11.4 Å². The summed E-state index contributed by atoms with van der Waals surface area (Å²) < 4.78 is 1.41. The van der Waals surface area contributed by atoms with Crippen LogP contribution >= 0.6 is 0 Å². The highest BCUT2D eigenvalue weighted by Crippen LogP contribution is 2.20. The van der Waals surface area contributed by atoms with E-state index in [9.17, 15) is 9.59 Å². The van der Waals surface area contributed by atoms with Gasteiger partial charge in [-0.05, 0) is 18.1 Å². The molecule has 94 valence electrons. The highest BCUT2D eigenvalue weighted by Gasteiger charge is 2.22. The molecule has 1 heterocycles. The van der Waals surface area contributed by atoms with Crippen molar-refractivity contribution in [1.29, 1.82) is 0 Å². The van der Waals surface area contributed by atoms with E-state index in [-0.39, 0.29) is 11.6 Å². The molecule has 0 saturated heterocycles. The zero-order valence-corrected chi connectivity index (χ0v) is 10.2. The molecule has 0 aliphatic carbocycles. The summed E-state index contributed by atoms with van der Waals surface area (Å²) in [5, 5.41) is 9.12. The van der Waals surface area contributed by atoms with E-state index >= 15 is 0 Å². The van der Waals surface area contributed by atoms with E-state index in [1.165, 1.54) is 4.57 Å². The van der Waals surface area contributed by atoms with Crippen molar-refractivity contribution < 1.29 is 9.90 Å². The van der Waals surface area contributed by atoms with Gasteiger partial charge in [0.25, 0.3) is 0 Å². The van der Waals surface area contributed by atoms with E-state index in [2.05, 4.69) is 4.98 Å². The fraction of sp³-hybridized carbons (Fsp3) is 0.231. The first-order valence-corrected chi connectivity index (χ1v) is 5.66. The van der Waals surface area contributed by atoms with Crippen LogP contribution in [0.3, 0.4) is 0 Å². The second-order valence-electron chi connectivity index (χ2n) is 4.32. The smallest absolute Gasteiger partial charge is 0.354 e. The fourth-order valence-corrected chi connectivity index (χ4v) is 1.99. The number of H-pyrrole nitrogens is 1. The third-order valence-corrected chi connectivity index (χ3v) is 2.71. The molecule has 0 aliphatic rings. The van der Waals surface area contributed by atoms with Crippen LogP contribution in [0, 0.1) is 0 Å². The van der Waals surface area contributed by atoms with Crippen LogP contribution in [0.2, 0.25) is 0 Å². The Labute approximate surface area is 104 Å². The van der Waals surface area contributed by atoms with Crippen LogP contribution in [-0.2, 0) is 0 Å². The molecule has 18 heavy (non-hydrogen) atoms. The van der Waals surface area contributed by atoms with Gasteiger partial charge in [0.1, 0.15) is 5.69 Å². The summed E-state index contributed by atoms with van der Waals surface area (Å²) in [6.07, 6.45) is 0. The lowest BCUT2D eigenvalue weighted by molar-refractivity contribution is 0.0689. The third-order valence-electron chi connectivity index (χ3n) is 2.71. The largest absolute Gasteiger partial charge is 0.477 e. The highest BCUT2D eigenvalue weighted by atomic mass is 16.4. The number of benzene rings is 1. The van der Waals surface area contributed by atoms with Gasteiger partial charge in [-0.1, -0.05) is 32.0 Å². The molecule has 0 unspecified atom stereocenters. The first-order chi connectivity index (χ1) is 8.52. The van der Waals surface area contributed by atoms with E-state index in [0.717, 1.165) is 0 Å². The van der Waals surface area contributed by atoms with Crippen molar-refractivity contribution in [3.05, 3.63) is 52.2 Å². The summed E-state index contributed by atoms with van der Waals surface area (Å²) in [7, 11) is 0. The zero-order valence-electron chi connectivity index (χ0n) is 10.2. The van der Waals surface area contributed by atoms with Gasteiger partial charge in [-0.2, -0.15) is 0 Å². The minimum atomic E-state index is -1.12. The zero-order chi connectivity index (χ0) is 13.3. The highest BCUT2D eigenvalue weighted by molar-refractivity contribution is 5.87. The molecule has 0 saturated carbocycles. The Morgan fingerprint density at radius 2 is 1.89 bits per heavy atom. The minimum absolute atomic E-state index is 0.0427. The second-order valence-corrected chi connectivity index (χ2v) is 4.32. The number of aromatic nitrogens is 2. The van der Waals surface area contributed by atoms with Gasteiger partial charge in [-0.15, -0.1) is 0 Å². The number of carboxylic acids is 1. The normalized spacial score (nSPS) is 10.8. The first-order valence-electron chi connectivity index (χ1n) is 5.66. The van der Waals surface area contributed by atoms with Gasteiger partial charge < -0.3 is 5.11 Å². The molecule has 2 rings (SSSR count). The molecule has 0 spiro atoms. The maximum Gasteiger partial charge on any atom is 0.354 e. The Morgan fingerprint density at radius 1 is 1.28 bits per heavy atom. The average molecular weight is 246 g/mol. The monoisotopic (exact) mass is 246 g/mol. The van der Waals surface area contributed by atoms with Gasteiger partial charge in [0.15, 0.2) is 0 Å². The Hall–Kier alpha value is -2.30. The van der Waals surface area contributed by atoms with Crippen molar-refractivity contribution in [3.8, 4) is 5.69 Å². The SMILES string of the molecule is CC(C)c1c(C(=O)O)[nH]c(=O)n1-c1ccccc1. The van der Waals surface area contributed by atoms with Crippen LogP contribution in [0.1, 0.15) is 35.9 Å². The number of para-hydroxylation sites is 1. The van der Waals surface area contributed by atoms with Crippen LogP contribution in [0.5, 0.6) is 0 Å². The molecule has 1 aromatic carbocycles. The molecular formula is C13H14N2O3.